The van der Waals surface area contributed by atoms with E-state index in [9.17, 15) is 14.4 Å². The number of carbonyl (C=O) groups excluding carboxylic acids is 3. The third-order valence-corrected chi connectivity index (χ3v) is 9.85. The van der Waals surface area contributed by atoms with Crippen LogP contribution in [0.3, 0.4) is 0 Å². The van der Waals surface area contributed by atoms with Crippen LogP contribution in [0.1, 0.15) is 49.7 Å². The van der Waals surface area contributed by atoms with Crippen LogP contribution in [0.2, 0.25) is 0 Å². The third kappa shape index (κ3) is 7.71. The van der Waals surface area contributed by atoms with Crippen LogP contribution in [0.5, 0.6) is 0 Å². The zero-order chi connectivity index (χ0) is 31.9. The second kappa shape index (κ2) is 14.2. The molecule has 1 heterocycles. The number of amides is 3. The fraction of sp³-hybridized carbons (Fsp3) is 0.395. The monoisotopic (exact) mass is 606 g/mol. The average molecular weight is 607 g/mol. The first-order valence-electron chi connectivity index (χ1n) is 16.1. The number of hydrogen-bond donors (Lipinski definition) is 2. The minimum absolute atomic E-state index is 0.00933. The Morgan fingerprint density at radius 3 is 2.04 bits per heavy atom. The van der Waals surface area contributed by atoms with Gasteiger partial charge in [0.25, 0.3) is 0 Å². The van der Waals surface area contributed by atoms with Crippen molar-refractivity contribution in [2.75, 3.05) is 27.2 Å². The molecule has 1 unspecified atom stereocenters. The van der Waals surface area contributed by atoms with E-state index in [2.05, 4.69) is 29.6 Å². The smallest absolute Gasteiger partial charge is 0.246 e. The number of nitrogens with two attached hydrogens (primary N) is 1. The van der Waals surface area contributed by atoms with E-state index in [4.69, 9.17) is 5.73 Å². The average Bonchev–Trinajstić information content (AvgIpc) is 3.06. The summed E-state index contributed by atoms with van der Waals surface area (Å²) in [5.41, 5.74) is 9.88. The van der Waals surface area contributed by atoms with Gasteiger partial charge in [-0.3, -0.25) is 14.4 Å². The molecule has 1 aliphatic heterocycles. The standard InChI is InChI=1S/C38H46N4O3/c1-40-36(45)37(28-30-11-5-3-6-12-30)23-25-42(26-24-37)35(44)33(41(2)34(43)15-9-20-38(39)21-10-22-38)27-29-16-18-32(19-17-29)31-13-7-4-8-14-31/h3-9,11-19,33H,10,20-28,39H2,1-2H3,(H,40,45)/b15-9+. The topological polar surface area (TPSA) is 95.7 Å². The summed E-state index contributed by atoms with van der Waals surface area (Å²) in [6.07, 6.45) is 9.28. The summed E-state index contributed by atoms with van der Waals surface area (Å²) in [5.74, 6) is -0.293. The number of nitrogens with zero attached hydrogens (tertiary/aromatic N) is 2. The van der Waals surface area contributed by atoms with Gasteiger partial charge in [0.1, 0.15) is 6.04 Å². The molecule has 0 aromatic heterocycles. The highest BCUT2D eigenvalue weighted by Gasteiger charge is 2.43. The number of nitrogens with one attached hydrogen (secondary N) is 1. The van der Waals surface area contributed by atoms with Gasteiger partial charge in [0.05, 0.1) is 5.41 Å². The van der Waals surface area contributed by atoms with E-state index < -0.39 is 11.5 Å². The minimum Gasteiger partial charge on any atom is -0.359 e. The normalized spacial score (nSPS) is 17.7. The van der Waals surface area contributed by atoms with Crippen molar-refractivity contribution in [1.29, 1.82) is 0 Å². The van der Waals surface area contributed by atoms with E-state index in [1.165, 1.54) is 0 Å². The van der Waals surface area contributed by atoms with Gasteiger partial charge >= 0.3 is 0 Å². The molecule has 7 heteroatoms. The maximum Gasteiger partial charge on any atom is 0.246 e. The molecule has 0 spiro atoms. The summed E-state index contributed by atoms with van der Waals surface area (Å²) in [5, 5.41) is 2.87. The molecule has 3 aromatic rings. The molecule has 1 saturated heterocycles. The first-order chi connectivity index (χ1) is 21.7. The molecule has 0 radical (unpaired) electrons. The summed E-state index contributed by atoms with van der Waals surface area (Å²) in [6, 6.07) is 27.7. The highest BCUT2D eigenvalue weighted by Crippen LogP contribution is 2.36. The lowest BCUT2D eigenvalue weighted by Gasteiger charge is -2.42. The molecule has 1 saturated carbocycles. The molecule has 3 aromatic carbocycles. The summed E-state index contributed by atoms with van der Waals surface area (Å²) in [6.45, 7) is 0.909. The van der Waals surface area contributed by atoms with E-state index >= 15 is 0 Å². The Morgan fingerprint density at radius 2 is 1.47 bits per heavy atom. The molecule has 0 bridgehead atoms. The van der Waals surface area contributed by atoms with Gasteiger partial charge in [-0.2, -0.15) is 0 Å². The molecule has 5 rings (SSSR count). The lowest BCUT2D eigenvalue weighted by Crippen LogP contribution is -2.55. The molecule has 1 aliphatic carbocycles. The van der Waals surface area contributed by atoms with Gasteiger partial charge in [0, 0.05) is 39.1 Å². The van der Waals surface area contributed by atoms with Gasteiger partial charge in [0.15, 0.2) is 0 Å². The van der Waals surface area contributed by atoms with Gasteiger partial charge in [-0.25, -0.2) is 0 Å². The summed E-state index contributed by atoms with van der Waals surface area (Å²) in [4.78, 5) is 44.2. The van der Waals surface area contributed by atoms with Crippen molar-refractivity contribution in [3.8, 4) is 11.1 Å². The maximum atomic E-state index is 14.2. The summed E-state index contributed by atoms with van der Waals surface area (Å²) in [7, 11) is 3.39. The van der Waals surface area contributed by atoms with Crippen molar-refractivity contribution < 1.29 is 14.4 Å². The number of benzene rings is 3. The van der Waals surface area contributed by atoms with Crippen LogP contribution in [0, 0.1) is 5.41 Å². The third-order valence-electron chi connectivity index (χ3n) is 9.85. The fourth-order valence-corrected chi connectivity index (χ4v) is 6.68. The Kier molecular flexibility index (Phi) is 10.2. The van der Waals surface area contributed by atoms with Crippen molar-refractivity contribution in [1.82, 2.24) is 15.1 Å². The zero-order valence-electron chi connectivity index (χ0n) is 26.6. The maximum absolute atomic E-state index is 14.2. The molecule has 3 amide bonds. The van der Waals surface area contributed by atoms with Crippen LogP contribution < -0.4 is 11.1 Å². The van der Waals surface area contributed by atoms with E-state index in [1.807, 2.05) is 71.6 Å². The highest BCUT2D eigenvalue weighted by atomic mass is 16.2. The minimum atomic E-state index is -0.679. The second-order valence-electron chi connectivity index (χ2n) is 12.9. The molecule has 3 N–H and O–H groups in total. The molecule has 2 aliphatic rings. The van der Waals surface area contributed by atoms with Gasteiger partial charge in [-0.05, 0) is 73.3 Å². The predicted molar refractivity (Wildman–Crippen MR) is 179 cm³/mol. The quantitative estimate of drug-likeness (QED) is 0.295. The largest absolute Gasteiger partial charge is 0.359 e. The Hall–Kier alpha value is -4.23. The number of hydrogen-bond acceptors (Lipinski definition) is 4. The van der Waals surface area contributed by atoms with Gasteiger partial charge in [-0.15, -0.1) is 0 Å². The van der Waals surface area contributed by atoms with Gasteiger partial charge in [0.2, 0.25) is 17.7 Å². The van der Waals surface area contributed by atoms with Crippen molar-refractivity contribution in [2.24, 2.45) is 11.1 Å². The van der Waals surface area contributed by atoms with Crippen LogP contribution in [0.25, 0.3) is 11.1 Å². The van der Waals surface area contributed by atoms with Crippen molar-refractivity contribution >= 4 is 17.7 Å². The van der Waals surface area contributed by atoms with Crippen LogP contribution in [0.4, 0.5) is 0 Å². The lowest BCUT2D eigenvalue weighted by molar-refractivity contribution is -0.146. The van der Waals surface area contributed by atoms with Gasteiger partial charge in [-0.1, -0.05) is 91.0 Å². The predicted octanol–water partition coefficient (Wildman–Crippen LogP) is 5.15. The molecule has 7 nitrogen and oxygen atoms in total. The van der Waals surface area contributed by atoms with E-state index in [-0.39, 0.29) is 23.3 Å². The Labute approximate surface area is 267 Å². The first kappa shape index (κ1) is 32.2. The van der Waals surface area contributed by atoms with E-state index in [1.54, 1.807) is 25.1 Å². The van der Waals surface area contributed by atoms with Crippen molar-refractivity contribution in [2.45, 2.75) is 62.9 Å². The summed E-state index contributed by atoms with van der Waals surface area (Å²) < 4.78 is 0. The molecule has 45 heavy (non-hydrogen) atoms. The van der Waals surface area contributed by atoms with E-state index in [0.717, 1.165) is 41.5 Å². The van der Waals surface area contributed by atoms with E-state index in [0.29, 0.717) is 45.2 Å². The Bertz CT molecular complexity index is 1470. The zero-order valence-corrected chi connectivity index (χ0v) is 26.6. The second-order valence-corrected chi connectivity index (χ2v) is 12.9. The molecule has 1 atom stereocenters. The number of carbonyl (C=O) groups is 3. The number of likely N-dealkylation sites (N-methyl/N-ethyl adjacent to an activating group) is 1. The molecule has 2 fully saturated rings. The SMILES string of the molecule is CNC(=O)C1(Cc2ccccc2)CCN(C(=O)C(Cc2ccc(-c3ccccc3)cc2)N(C)C(=O)/C=C/CC2(N)CCC2)CC1. The first-order valence-corrected chi connectivity index (χ1v) is 16.1. The Balaban J connectivity index is 1.33. The molecular weight excluding hydrogens is 560 g/mol. The molecular formula is C38H46N4O3. The summed E-state index contributed by atoms with van der Waals surface area (Å²) >= 11 is 0. The highest BCUT2D eigenvalue weighted by molar-refractivity contribution is 5.93. The fourth-order valence-electron chi connectivity index (χ4n) is 6.68. The number of rotatable bonds is 11. The lowest BCUT2D eigenvalue weighted by atomic mass is 9.73. The van der Waals surface area contributed by atoms with Crippen LogP contribution in [-0.4, -0.2) is 66.3 Å². The van der Waals surface area contributed by atoms with Crippen LogP contribution in [0.15, 0.2) is 97.1 Å². The number of piperidine rings is 1. The molecule has 236 valence electrons. The van der Waals surface area contributed by atoms with Crippen LogP contribution in [-0.2, 0) is 27.2 Å². The Morgan fingerprint density at radius 1 is 0.867 bits per heavy atom. The van der Waals surface area contributed by atoms with Crippen molar-refractivity contribution in [3.05, 3.63) is 108 Å². The van der Waals surface area contributed by atoms with Gasteiger partial charge < -0.3 is 20.9 Å². The van der Waals surface area contributed by atoms with Crippen molar-refractivity contribution in [3.63, 3.8) is 0 Å². The number of likely N-dealkylation sites (tertiary alicyclic amines) is 1. The van der Waals surface area contributed by atoms with Crippen LogP contribution >= 0.6 is 0 Å².